The van der Waals surface area contributed by atoms with Gasteiger partial charge in [0, 0.05) is 12.6 Å². The predicted octanol–water partition coefficient (Wildman–Crippen LogP) is 2.98. The summed E-state index contributed by atoms with van der Waals surface area (Å²) < 4.78 is 29.2. The Bertz CT molecular complexity index is 1020. The van der Waals surface area contributed by atoms with E-state index in [9.17, 15) is 18.0 Å². The van der Waals surface area contributed by atoms with E-state index in [2.05, 4.69) is 0 Å². The molecule has 160 valence electrons. The van der Waals surface area contributed by atoms with Gasteiger partial charge in [0.2, 0.25) is 0 Å². The number of sulfone groups is 1. The molecule has 30 heavy (non-hydrogen) atoms. The third-order valence-corrected chi connectivity index (χ3v) is 7.12. The van der Waals surface area contributed by atoms with Gasteiger partial charge in [0.15, 0.2) is 16.4 Å². The fourth-order valence-electron chi connectivity index (χ4n) is 4.01. The topological polar surface area (TPSA) is 80.8 Å². The molecule has 6 nitrogen and oxygen atoms in total. The molecular weight excluding hydrogens is 402 g/mol. The first-order valence-corrected chi connectivity index (χ1v) is 11.8. The maximum atomic E-state index is 13.0. The summed E-state index contributed by atoms with van der Waals surface area (Å²) in [4.78, 5) is 27.1. The molecule has 1 fully saturated rings. The highest BCUT2D eigenvalue weighted by molar-refractivity contribution is 7.91. The van der Waals surface area contributed by atoms with Crippen molar-refractivity contribution in [1.29, 1.82) is 0 Å². The molecule has 1 heterocycles. The number of aryl methyl sites for hydroxylation is 3. The number of rotatable bonds is 6. The second kappa shape index (κ2) is 9.00. The summed E-state index contributed by atoms with van der Waals surface area (Å²) in [5, 5.41) is 0. The molecule has 1 amide bonds. The van der Waals surface area contributed by atoms with Crippen molar-refractivity contribution in [2.45, 2.75) is 39.8 Å². The zero-order chi connectivity index (χ0) is 21.9. The fourth-order valence-corrected chi connectivity index (χ4v) is 5.74. The maximum absolute atomic E-state index is 13.0. The number of hydrogen-bond donors (Lipinski definition) is 0. The number of nitrogens with zero attached hydrogens (tertiary/aromatic N) is 1. The second-order valence-corrected chi connectivity index (χ2v) is 10.1. The van der Waals surface area contributed by atoms with E-state index in [0.29, 0.717) is 12.0 Å². The minimum Gasteiger partial charge on any atom is -0.452 e. The lowest BCUT2D eigenvalue weighted by Crippen LogP contribution is -2.42. The van der Waals surface area contributed by atoms with Crippen LogP contribution in [0.5, 0.6) is 0 Å². The molecule has 0 aliphatic carbocycles. The molecule has 1 atom stereocenters. The van der Waals surface area contributed by atoms with Gasteiger partial charge in [-0.15, -0.1) is 0 Å². The third kappa shape index (κ3) is 5.27. The van der Waals surface area contributed by atoms with Crippen LogP contribution in [0.1, 0.15) is 39.0 Å². The van der Waals surface area contributed by atoms with E-state index in [0.717, 1.165) is 22.3 Å². The lowest BCUT2D eigenvalue weighted by Gasteiger charge is -2.28. The lowest BCUT2D eigenvalue weighted by molar-refractivity contribution is -0.137. The van der Waals surface area contributed by atoms with Crippen LogP contribution in [-0.4, -0.2) is 49.3 Å². The first kappa shape index (κ1) is 22.0. The fraction of sp³-hybridized carbons (Fsp3) is 0.391. The Kier molecular flexibility index (Phi) is 6.61. The van der Waals surface area contributed by atoms with Crippen molar-refractivity contribution < 1.29 is 22.7 Å². The number of hydrogen-bond acceptors (Lipinski definition) is 5. The number of amides is 1. The molecule has 0 bridgehead atoms. The van der Waals surface area contributed by atoms with Crippen molar-refractivity contribution in [2.75, 3.05) is 18.1 Å². The van der Waals surface area contributed by atoms with Gasteiger partial charge < -0.3 is 9.64 Å². The summed E-state index contributed by atoms with van der Waals surface area (Å²) in [7, 11) is -3.16. The van der Waals surface area contributed by atoms with Crippen LogP contribution in [0.3, 0.4) is 0 Å². The molecule has 7 heteroatoms. The van der Waals surface area contributed by atoms with E-state index < -0.39 is 34.4 Å². The number of carbonyl (C=O) groups is 2. The lowest BCUT2D eigenvalue weighted by atomic mass is 10.00. The van der Waals surface area contributed by atoms with E-state index in [1.807, 2.05) is 63.2 Å². The summed E-state index contributed by atoms with van der Waals surface area (Å²) in [5.41, 5.74) is 4.01. The summed E-state index contributed by atoms with van der Waals surface area (Å²) in [6, 6.07) is 12.8. The van der Waals surface area contributed by atoms with Crippen LogP contribution in [0.4, 0.5) is 0 Å². The summed E-state index contributed by atoms with van der Waals surface area (Å²) in [6.45, 7) is 5.48. The Morgan fingerprint density at radius 3 is 2.27 bits per heavy atom. The Morgan fingerprint density at radius 2 is 1.70 bits per heavy atom. The molecule has 0 N–H and O–H groups in total. The van der Waals surface area contributed by atoms with Gasteiger partial charge in [0.25, 0.3) is 5.91 Å². The van der Waals surface area contributed by atoms with Crippen LogP contribution in [0.15, 0.2) is 42.5 Å². The van der Waals surface area contributed by atoms with Gasteiger partial charge in [-0.1, -0.05) is 48.0 Å². The van der Waals surface area contributed by atoms with Gasteiger partial charge in [0.1, 0.15) is 0 Å². The molecule has 3 rings (SSSR count). The first-order valence-electron chi connectivity index (χ1n) is 9.95. The molecular formula is C23H27NO5S. The third-order valence-electron chi connectivity index (χ3n) is 5.37. The SMILES string of the molecule is Cc1cc(C)c(C(=O)OCC(=O)N(Cc2ccccc2)[C@@H]2CCS(=O)(=O)C2)c(C)c1. The highest BCUT2D eigenvalue weighted by Gasteiger charge is 2.35. The van der Waals surface area contributed by atoms with E-state index in [-0.39, 0.29) is 18.1 Å². The first-order chi connectivity index (χ1) is 14.2. The van der Waals surface area contributed by atoms with E-state index in [1.54, 1.807) is 0 Å². The van der Waals surface area contributed by atoms with Crippen molar-refractivity contribution in [3.63, 3.8) is 0 Å². The number of benzene rings is 2. The molecule has 0 radical (unpaired) electrons. The Balaban J connectivity index is 1.74. The van der Waals surface area contributed by atoms with Crippen molar-refractivity contribution >= 4 is 21.7 Å². The predicted molar refractivity (Wildman–Crippen MR) is 115 cm³/mol. The quantitative estimate of drug-likeness (QED) is 0.660. The van der Waals surface area contributed by atoms with Gasteiger partial charge >= 0.3 is 5.97 Å². The summed E-state index contributed by atoms with van der Waals surface area (Å²) in [6.07, 6.45) is 0.394. The van der Waals surface area contributed by atoms with E-state index in [4.69, 9.17) is 4.74 Å². The largest absolute Gasteiger partial charge is 0.452 e. The Morgan fingerprint density at radius 1 is 1.07 bits per heavy atom. The van der Waals surface area contributed by atoms with Gasteiger partial charge in [-0.25, -0.2) is 13.2 Å². The van der Waals surface area contributed by atoms with Gasteiger partial charge in [-0.2, -0.15) is 0 Å². The highest BCUT2D eigenvalue weighted by Crippen LogP contribution is 2.21. The minimum atomic E-state index is -3.16. The van der Waals surface area contributed by atoms with Crippen molar-refractivity contribution in [3.8, 4) is 0 Å². The van der Waals surface area contributed by atoms with Gasteiger partial charge in [-0.3, -0.25) is 4.79 Å². The van der Waals surface area contributed by atoms with Crippen LogP contribution in [-0.2, 0) is 25.9 Å². The Hall–Kier alpha value is -2.67. The summed E-state index contributed by atoms with van der Waals surface area (Å²) >= 11 is 0. The average molecular weight is 430 g/mol. The average Bonchev–Trinajstić information content (AvgIpc) is 3.03. The van der Waals surface area contributed by atoms with Crippen molar-refractivity contribution in [2.24, 2.45) is 0 Å². The normalized spacial score (nSPS) is 17.5. The standard InChI is InChI=1S/C23H27NO5S/c1-16-11-17(2)22(18(3)12-16)23(26)29-14-21(25)24(13-19-7-5-4-6-8-19)20-9-10-30(27,28)15-20/h4-8,11-12,20H,9-10,13-15H2,1-3H3/t20-/m1/s1. The van der Waals surface area contributed by atoms with Crippen molar-refractivity contribution in [1.82, 2.24) is 4.90 Å². The second-order valence-electron chi connectivity index (χ2n) is 7.91. The highest BCUT2D eigenvalue weighted by atomic mass is 32.2. The smallest absolute Gasteiger partial charge is 0.339 e. The van der Waals surface area contributed by atoms with E-state index in [1.165, 1.54) is 4.90 Å². The molecule has 2 aromatic carbocycles. The molecule has 1 aliphatic rings. The molecule has 0 saturated carbocycles. The molecule has 0 spiro atoms. The monoisotopic (exact) mass is 429 g/mol. The van der Waals surface area contributed by atoms with Crippen LogP contribution < -0.4 is 0 Å². The zero-order valence-electron chi connectivity index (χ0n) is 17.6. The molecule has 2 aromatic rings. The molecule has 0 unspecified atom stereocenters. The van der Waals surface area contributed by atoms with E-state index >= 15 is 0 Å². The van der Waals surface area contributed by atoms with Crippen LogP contribution >= 0.6 is 0 Å². The number of esters is 1. The minimum absolute atomic E-state index is 0.0598. The Labute approximate surface area is 177 Å². The maximum Gasteiger partial charge on any atom is 0.339 e. The van der Waals surface area contributed by atoms with Crippen LogP contribution in [0.25, 0.3) is 0 Å². The summed E-state index contributed by atoms with van der Waals surface area (Å²) in [5.74, 6) is -0.929. The van der Waals surface area contributed by atoms with Crippen LogP contribution in [0.2, 0.25) is 0 Å². The number of ether oxygens (including phenoxy) is 1. The van der Waals surface area contributed by atoms with Gasteiger partial charge in [0.05, 0.1) is 17.1 Å². The van der Waals surface area contributed by atoms with Gasteiger partial charge in [-0.05, 0) is 43.9 Å². The number of carbonyl (C=O) groups excluding carboxylic acids is 2. The molecule has 0 aromatic heterocycles. The molecule has 1 saturated heterocycles. The van der Waals surface area contributed by atoms with Crippen molar-refractivity contribution in [3.05, 3.63) is 70.3 Å². The van der Waals surface area contributed by atoms with Crippen LogP contribution in [0, 0.1) is 20.8 Å². The zero-order valence-corrected chi connectivity index (χ0v) is 18.4. The molecule has 1 aliphatic heterocycles.